The molecule has 0 atom stereocenters. The fourth-order valence-corrected chi connectivity index (χ4v) is 4.62. The molecule has 3 heterocycles. The third-order valence-electron chi connectivity index (χ3n) is 6.70. The van der Waals surface area contributed by atoms with E-state index in [4.69, 9.17) is 19.5 Å². The molecule has 2 aromatic carbocycles. The Bertz CT molecular complexity index is 1230. The molecular weight excluding hydrogens is 442 g/mol. The summed E-state index contributed by atoms with van der Waals surface area (Å²) in [6.45, 7) is 1.81. The largest absolute Gasteiger partial charge is 0.483 e. The summed E-state index contributed by atoms with van der Waals surface area (Å²) in [4.78, 5) is 18.9. The summed E-state index contributed by atoms with van der Waals surface area (Å²) in [5.74, 6) is 2.87. The first-order valence-corrected chi connectivity index (χ1v) is 11.9. The number of nitriles is 1. The first-order valence-electron chi connectivity index (χ1n) is 11.9. The van der Waals surface area contributed by atoms with E-state index in [1.165, 1.54) is 5.56 Å². The minimum absolute atomic E-state index is 0.00168. The Morgan fingerprint density at radius 1 is 1.09 bits per heavy atom. The van der Waals surface area contributed by atoms with Gasteiger partial charge in [-0.1, -0.05) is 18.2 Å². The van der Waals surface area contributed by atoms with Crippen LogP contribution in [0, 0.1) is 17.2 Å². The lowest BCUT2D eigenvalue weighted by Crippen LogP contribution is -2.41. The van der Waals surface area contributed by atoms with Gasteiger partial charge in [0.25, 0.3) is 5.91 Å². The van der Waals surface area contributed by atoms with Crippen LogP contribution in [0.4, 0.5) is 0 Å². The van der Waals surface area contributed by atoms with Crippen molar-refractivity contribution in [1.82, 2.24) is 9.88 Å². The van der Waals surface area contributed by atoms with E-state index in [1.807, 2.05) is 23.1 Å². The summed E-state index contributed by atoms with van der Waals surface area (Å²) in [6.07, 6.45) is 7.47. The fraction of sp³-hybridized carbons (Fsp3) is 0.321. The number of carbonyl (C=O) groups excluding carboxylic acids is 1. The number of hydrogen-bond donors (Lipinski definition) is 0. The fourth-order valence-electron chi connectivity index (χ4n) is 4.62. The Hall–Kier alpha value is -4.05. The predicted molar refractivity (Wildman–Crippen MR) is 130 cm³/mol. The lowest BCUT2D eigenvalue weighted by Gasteiger charge is -2.32. The van der Waals surface area contributed by atoms with Gasteiger partial charge in [-0.3, -0.25) is 9.78 Å². The monoisotopic (exact) mass is 469 g/mol. The number of aromatic nitrogens is 1. The molecule has 2 aliphatic rings. The van der Waals surface area contributed by atoms with E-state index in [2.05, 4.69) is 23.2 Å². The van der Waals surface area contributed by atoms with Crippen molar-refractivity contribution in [2.75, 3.05) is 26.5 Å². The van der Waals surface area contributed by atoms with Crippen LogP contribution in [0.5, 0.6) is 17.2 Å². The van der Waals surface area contributed by atoms with Crippen LogP contribution in [0.1, 0.15) is 30.4 Å². The third kappa shape index (κ3) is 5.38. The van der Waals surface area contributed by atoms with Crippen LogP contribution in [0.25, 0.3) is 11.1 Å². The Labute approximate surface area is 204 Å². The van der Waals surface area contributed by atoms with Gasteiger partial charge in [-0.25, -0.2) is 0 Å². The molecule has 178 valence electrons. The van der Waals surface area contributed by atoms with E-state index in [9.17, 15) is 4.79 Å². The van der Waals surface area contributed by atoms with Gasteiger partial charge in [0.05, 0.1) is 11.6 Å². The van der Waals surface area contributed by atoms with Gasteiger partial charge in [-0.05, 0) is 73.1 Å². The number of piperidine rings is 1. The molecule has 1 aromatic heterocycles. The quantitative estimate of drug-likeness (QED) is 0.503. The van der Waals surface area contributed by atoms with Crippen LogP contribution in [0.2, 0.25) is 0 Å². The lowest BCUT2D eigenvalue weighted by atomic mass is 9.90. The average molecular weight is 470 g/mol. The van der Waals surface area contributed by atoms with Crippen molar-refractivity contribution in [3.05, 3.63) is 72.1 Å². The van der Waals surface area contributed by atoms with E-state index in [1.54, 1.807) is 30.6 Å². The number of pyridine rings is 1. The number of carbonyl (C=O) groups is 1. The van der Waals surface area contributed by atoms with Gasteiger partial charge >= 0.3 is 0 Å². The Balaban J connectivity index is 1.10. The third-order valence-corrected chi connectivity index (χ3v) is 6.70. The number of hydrogen-bond acceptors (Lipinski definition) is 6. The average Bonchev–Trinajstić information content (AvgIpc) is 3.39. The van der Waals surface area contributed by atoms with Crippen molar-refractivity contribution in [2.24, 2.45) is 5.92 Å². The molecule has 1 amide bonds. The van der Waals surface area contributed by atoms with E-state index in [0.717, 1.165) is 61.4 Å². The predicted octanol–water partition coefficient (Wildman–Crippen LogP) is 4.60. The van der Waals surface area contributed by atoms with Crippen molar-refractivity contribution in [3.63, 3.8) is 0 Å². The van der Waals surface area contributed by atoms with E-state index in [0.29, 0.717) is 24.0 Å². The molecule has 5 rings (SSSR count). The highest BCUT2D eigenvalue weighted by Crippen LogP contribution is 2.34. The number of rotatable bonds is 7. The van der Waals surface area contributed by atoms with E-state index in [-0.39, 0.29) is 12.5 Å². The SMILES string of the molecule is N#Cc1ccc(-c2cnccc2OCC(=O)N2CCC(CCc3ccc4c(c3)OCO4)CC2)cc1. The molecule has 0 unspecified atom stereocenters. The molecule has 1 fully saturated rings. The maximum absolute atomic E-state index is 12.8. The maximum Gasteiger partial charge on any atom is 0.260 e. The smallest absolute Gasteiger partial charge is 0.260 e. The number of nitrogens with zero attached hydrogens (tertiary/aromatic N) is 3. The minimum atomic E-state index is -0.00481. The first-order chi connectivity index (χ1) is 17.2. The molecule has 3 aromatic rings. The highest BCUT2D eigenvalue weighted by atomic mass is 16.7. The van der Waals surface area contributed by atoms with Crippen molar-refractivity contribution >= 4 is 5.91 Å². The molecule has 2 aliphatic heterocycles. The van der Waals surface area contributed by atoms with E-state index >= 15 is 0 Å². The van der Waals surface area contributed by atoms with E-state index < -0.39 is 0 Å². The molecule has 7 nitrogen and oxygen atoms in total. The molecule has 35 heavy (non-hydrogen) atoms. The number of fused-ring (bicyclic) bond motifs is 1. The Morgan fingerprint density at radius 2 is 1.89 bits per heavy atom. The first kappa shape index (κ1) is 22.7. The number of likely N-dealkylation sites (tertiary alicyclic amines) is 1. The summed E-state index contributed by atoms with van der Waals surface area (Å²) < 4.78 is 16.8. The highest BCUT2D eigenvalue weighted by molar-refractivity contribution is 5.78. The lowest BCUT2D eigenvalue weighted by molar-refractivity contribution is -0.134. The number of benzene rings is 2. The minimum Gasteiger partial charge on any atom is -0.483 e. The van der Waals surface area contributed by atoms with Crippen LogP contribution in [0.3, 0.4) is 0 Å². The zero-order valence-electron chi connectivity index (χ0n) is 19.5. The Kier molecular flexibility index (Phi) is 6.80. The van der Waals surface area contributed by atoms with Crippen LogP contribution in [-0.4, -0.2) is 42.3 Å². The van der Waals surface area contributed by atoms with Crippen molar-refractivity contribution in [2.45, 2.75) is 25.7 Å². The summed E-state index contributed by atoms with van der Waals surface area (Å²) in [6, 6.07) is 17.3. The molecule has 0 aliphatic carbocycles. The van der Waals surface area contributed by atoms with Crippen LogP contribution in [-0.2, 0) is 11.2 Å². The molecule has 0 N–H and O–H groups in total. The molecule has 0 radical (unpaired) electrons. The molecule has 0 spiro atoms. The van der Waals surface area contributed by atoms with Crippen molar-refractivity contribution in [1.29, 1.82) is 5.26 Å². The second-order valence-corrected chi connectivity index (χ2v) is 8.90. The zero-order chi connectivity index (χ0) is 24.0. The van der Waals surface area contributed by atoms with Gasteiger partial charge in [0.2, 0.25) is 6.79 Å². The molecule has 0 saturated carbocycles. The standard InChI is InChI=1S/C28H27N3O4/c29-16-22-3-6-23(7-4-22)24-17-30-12-9-25(24)33-18-28(32)31-13-10-20(11-14-31)1-2-21-5-8-26-27(15-21)35-19-34-26/h3-9,12,15,17,20H,1-2,10-11,13-14,18-19H2. The molecule has 7 heteroatoms. The number of aryl methyl sites for hydroxylation is 1. The summed E-state index contributed by atoms with van der Waals surface area (Å²) >= 11 is 0. The van der Waals surface area contributed by atoms with Gasteiger partial charge in [-0.2, -0.15) is 5.26 Å². The molecular formula is C28H27N3O4. The maximum atomic E-state index is 12.8. The zero-order valence-corrected chi connectivity index (χ0v) is 19.5. The van der Waals surface area contributed by atoms with Crippen LogP contribution < -0.4 is 14.2 Å². The van der Waals surface area contributed by atoms with Crippen LogP contribution in [0.15, 0.2) is 60.9 Å². The van der Waals surface area contributed by atoms with Gasteiger partial charge in [-0.15, -0.1) is 0 Å². The summed E-state index contributed by atoms with van der Waals surface area (Å²) in [5.41, 5.74) is 3.54. The topological polar surface area (TPSA) is 84.7 Å². The summed E-state index contributed by atoms with van der Waals surface area (Å²) in [7, 11) is 0. The van der Waals surface area contributed by atoms with Gasteiger partial charge < -0.3 is 19.1 Å². The second kappa shape index (κ2) is 10.5. The number of ether oxygens (including phenoxy) is 3. The normalized spacial score (nSPS) is 15.0. The highest BCUT2D eigenvalue weighted by Gasteiger charge is 2.23. The molecule has 1 saturated heterocycles. The van der Waals surface area contributed by atoms with Crippen molar-refractivity contribution < 1.29 is 19.0 Å². The van der Waals surface area contributed by atoms with Gasteiger partial charge in [0, 0.05) is 31.0 Å². The van der Waals surface area contributed by atoms with Crippen LogP contribution >= 0.6 is 0 Å². The number of amides is 1. The van der Waals surface area contributed by atoms with Crippen molar-refractivity contribution in [3.8, 4) is 34.4 Å². The second-order valence-electron chi connectivity index (χ2n) is 8.90. The van der Waals surface area contributed by atoms with Gasteiger partial charge in [0.15, 0.2) is 18.1 Å². The molecule has 0 bridgehead atoms. The Morgan fingerprint density at radius 3 is 2.69 bits per heavy atom. The van der Waals surface area contributed by atoms with Gasteiger partial charge in [0.1, 0.15) is 5.75 Å². The summed E-state index contributed by atoms with van der Waals surface area (Å²) in [5, 5.41) is 9.01.